The molecule has 19 heavy (non-hydrogen) atoms. The van der Waals surface area contributed by atoms with Crippen molar-refractivity contribution in [2.75, 3.05) is 0 Å². The molecule has 1 aromatic carbocycles. The molecule has 0 saturated heterocycles. The van der Waals surface area contributed by atoms with Crippen LogP contribution in [0.25, 0.3) is 10.9 Å². The lowest BCUT2D eigenvalue weighted by Crippen LogP contribution is -2.00. The number of nitriles is 1. The van der Waals surface area contributed by atoms with E-state index in [0.29, 0.717) is 12.1 Å². The number of nitrogens with zero attached hydrogens (tertiary/aromatic N) is 3. The minimum atomic E-state index is 0.704. The molecule has 0 aliphatic heterocycles. The Morgan fingerprint density at radius 3 is 2.84 bits per heavy atom. The molecule has 0 aliphatic carbocycles. The zero-order chi connectivity index (χ0) is 13.4. The van der Waals surface area contributed by atoms with E-state index in [-0.39, 0.29) is 0 Å². The van der Waals surface area contributed by atoms with Crippen LogP contribution in [0.5, 0.6) is 0 Å². The van der Waals surface area contributed by atoms with Crippen molar-refractivity contribution in [3.05, 3.63) is 53.0 Å². The van der Waals surface area contributed by atoms with Gasteiger partial charge in [0.1, 0.15) is 5.76 Å². The second-order valence-electron chi connectivity index (χ2n) is 4.60. The SMILES string of the molecule is Cc1noc(C)c1Cn1ccc2c(C#N)cccc21. The molecular formula is C15H13N3O. The fourth-order valence-corrected chi connectivity index (χ4v) is 2.36. The number of hydrogen-bond donors (Lipinski definition) is 0. The van der Waals surface area contributed by atoms with Gasteiger partial charge in [0.05, 0.1) is 23.9 Å². The van der Waals surface area contributed by atoms with Crippen molar-refractivity contribution in [3.8, 4) is 6.07 Å². The zero-order valence-corrected chi connectivity index (χ0v) is 10.8. The van der Waals surface area contributed by atoms with Crippen molar-refractivity contribution in [1.29, 1.82) is 5.26 Å². The summed E-state index contributed by atoms with van der Waals surface area (Å²) in [6.07, 6.45) is 2.00. The summed E-state index contributed by atoms with van der Waals surface area (Å²) >= 11 is 0. The van der Waals surface area contributed by atoms with Gasteiger partial charge in [-0.2, -0.15) is 5.26 Å². The van der Waals surface area contributed by atoms with Gasteiger partial charge >= 0.3 is 0 Å². The van der Waals surface area contributed by atoms with Gasteiger partial charge in [0.2, 0.25) is 0 Å². The highest BCUT2D eigenvalue weighted by Gasteiger charge is 2.11. The third kappa shape index (κ3) is 1.80. The molecule has 3 rings (SSSR count). The first kappa shape index (κ1) is 11.5. The lowest BCUT2D eigenvalue weighted by Gasteiger charge is -2.05. The van der Waals surface area contributed by atoms with Crippen molar-refractivity contribution in [2.24, 2.45) is 0 Å². The zero-order valence-electron chi connectivity index (χ0n) is 10.8. The largest absolute Gasteiger partial charge is 0.361 e. The molecule has 0 atom stereocenters. The first-order valence-electron chi connectivity index (χ1n) is 6.10. The molecule has 94 valence electrons. The van der Waals surface area contributed by atoms with Gasteiger partial charge in [0.15, 0.2) is 0 Å². The van der Waals surface area contributed by atoms with Gasteiger partial charge in [0.25, 0.3) is 0 Å². The van der Waals surface area contributed by atoms with E-state index in [2.05, 4.69) is 15.8 Å². The monoisotopic (exact) mass is 251 g/mol. The topological polar surface area (TPSA) is 54.8 Å². The Hall–Kier alpha value is -2.54. The second kappa shape index (κ2) is 4.29. The molecule has 2 aromatic heterocycles. The molecule has 4 heteroatoms. The maximum Gasteiger partial charge on any atom is 0.138 e. The van der Waals surface area contributed by atoms with E-state index in [4.69, 9.17) is 9.78 Å². The van der Waals surface area contributed by atoms with E-state index in [1.54, 1.807) is 0 Å². The van der Waals surface area contributed by atoms with E-state index >= 15 is 0 Å². The van der Waals surface area contributed by atoms with E-state index < -0.39 is 0 Å². The summed E-state index contributed by atoms with van der Waals surface area (Å²) in [5.74, 6) is 0.843. The van der Waals surface area contributed by atoms with Crippen LogP contribution in [0, 0.1) is 25.2 Å². The lowest BCUT2D eigenvalue weighted by atomic mass is 10.1. The van der Waals surface area contributed by atoms with Gasteiger partial charge in [-0.05, 0) is 32.0 Å². The molecule has 2 heterocycles. The molecule has 0 bridgehead atoms. The van der Waals surface area contributed by atoms with Crippen LogP contribution >= 0.6 is 0 Å². The fraction of sp³-hybridized carbons (Fsp3) is 0.200. The molecule has 0 N–H and O–H groups in total. The van der Waals surface area contributed by atoms with Crippen LogP contribution in [-0.4, -0.2) is 9.72 Å². The molecule has 0 amide bonds. The minimum Gasteiger partial charge on any atom is -0.361 e. The Morgan fingerprint density at radius 2 is 2.16 bits per heavy atom. The Morgan fingerprint density at radius 1 is 1.32 bits per heavy atom. The molecule has 0 saturated carbocycles. The quantitative estimate of drug-likeness (QED) is 0.703. The van der Waals surface area contributed by atoms with Crippen molar-refractivity contribution in [3.63, 3.8) is 0 Å². The van der Waals surface area contributed by atoms with Gasteiger partial charge in [-0.3, -0.25) is 0 Å². The van der Waals surface area contributed by atoms with Gasteiger partial charge in [-0.25, -0.2) is 0 Å². The van der Waals surface area contributed by atoms with Crippen LogP contribution in [0.4, 0.5) is 0 Å². The Balaban J connectivity index is 2.10. The summed E-state index contributed by atoms with van der Waals surface area (Å²) in [4.78, 5) is 0. The van der Waals surface area contributed by atoms with Gasteiger partial charge in [-0.1, -0.05) is 11.2 Å². The molecule has 0 radical (unpaired) electrons. The van der Waals surface area contributed by atoms with Crippen LogP contribution in [-0.2, 0) is 6.54 Å². The molecule has 0 fully saturated rings. The number of rotatable bonds is 2. The summed E-state index contributed by atoms with van der Waals surface area (Å²) in [7, 11) is 0. The minimum absolute atomic E-state index is 0.704. The molecular weight excluding hydrogens is 238 g/mol. The van der Waals surface area contributed by atoms with E-state index in [0.717, 1.165) is 27.9 Å². The summed E-state index contributed by atoms with van der Waals surface area (Å²) in [5, 5.41) is 14.1. The van der Waals surface area contributed by atoms with Gasteiger partial charge < -0.3 is 9.09 Å². The standard InChI is InChI=1S/C15H13N3O/c1-10-14(11(2)19-17-10)9-18-7-6-13-12(8-16)4-3-5-15(13)18/h3-7H,9H2,1-2H3. The Bertz CT molecular complexity index is 770. The average Bonchev–Trinajstić information content (AvgIpc) is 2.97. The Kier molecular flexibility index (Phi) is 2.60. The van der Waals surface area contributed by atoms with Crippen LogP contribution in [0.2, 0.25) is 0 Å². The number of benzene rings is 1. The lowest BCUT2D eigenvalue weighted by molar-refractivity contribution is 0.392. The highest BCUT2D eigenvalue weighted by Crippen LogP contribution is 2.22. The maximum absolute atomic E-state index is 9.11. The van der Waals surface area contributed by atoms with Crippen LogP contribution in [0.1, 0.15) is 22.6 Å². The van der Waals surface area contributed by atoms with E-state index in [1.165, 1.54) is 0 Å². The van der Waals surface area contributed by atoms with E-state index in [1.807, 2.05) is 44.3 Å². The summed E-state index contributed by atoms with van der Waals surface area (Å²) in [5.41, 5.74) is 3.77. The Labute approximate surface area is 110 Å². The fourth-order valence-electron chi connectivity index (χ4n) is 2.36. The second-order valence-corrected chi connectivity index (χ2v) is 4.60. The van der Waals surface area contributed by atoms with Crippen molar-refractivity contribution < 1.29 is 4.52 Å². The number of aryl methyl sites for hydroxylation is 2. The highest BCUT2D eigenvalue weighted by molar-refractivity contribution is 5.86. The molecule has 0 spiro atoms. The molecule has 4 nitrogen and oxygen atoms in total. The molecule has 3 aromatic rings. The first-order chi connectivity index (χ1) is 9.20. The van der Waals surface area contributed by atoms with Crippen LogP contribution in [0.15, 0.2) is 35.0 Å². The van der Waals surface area contributed by atoms with Gasteiger partial charge in [-0.15, -0.1) is 0 Å². The van der Waals surface area contributed by atoms with Crippen molar-refractivity contribution >= 4 is 10.9 Å². The van der Waals surface area contributed by atoms with Crippen molar-refractivity contribution in [1.82, 2.24) is 9.72 Å². The predicted octanol–water partition coefficient (Wildman–Crippen LogP) is 3.17. The predicted molar refractivity (Wildman–Crippen MR) is 71.7 cm³/mol. The summed E-state index contributed by atoms with van der Waals surface area (Å²) in [6.45, 7) is 4.57. The van der Waals surface area contributed by atoms with Crippen LogP contribution in [0.3, 0.4) is 0 Å². The summed E-state index contributed by atoms with van der Waals surface area (Å²) in [6, 6.07) is 9.96. The third-order valence-corrected chi connectivity index (χ3v) is 3.44. The van der Waals surface area contributed by atoms with Crippen molar-refractivity contribution in [2.45, 2.75) is 20.4 Å². The average molecular weight is 251 g/mol. The first-order valence-corrected chi connectivity index (χ1v) is 6.10. The summed E-state index contributed by atoms with van der Waals surface area (Å²) < 4.78 is 7.30. The normalized spacial score (nSPS) is 10.8. The smallest absolute Gasteiger partial charge is 0.138 e. The molecule has 0 aliphatic rings. The molecule has 0 unspecified atom stereocenters. The third-order valence-electron chi connectivity index (χ3n) is 3.44. The van der Waals surface area contributed by atoms with Gasteiger partial charge in [0, 0.05) is 22.7 Å². The number of aromatic nitrogens is 2. The number of hydrogen-bond acceptors (Lipinski definition) is 3. The van der Waals surface area contributed by atoms with Crippen LogP contribution < -0.4 is 0 Å². The highest BCUT2D eigenvalue weighted by atomic mass is 16.5. The maximum atomic E-state index is 9.11. The van der Waals surface area contributed by atoms with E-state index in [9.17, 15) is 0 Å². The number of fused-ring (bicyclic) bond motifs is 1.